The number of aryl methyl sites for hydroxylation is 1. The van der Waals surface area contributed by atoms with Crippen LogP contribution >= 0.6 is 0 Å². The summed E-state index contributed by atoms with van der Waals surface area (Å²) in [6.45, 7) is 1.93. The molecule has 0 aliphatic rings. The maximum Gasteiger partial charge on any atom is 0.416 e. The number of nitrogens with zero attached hydrogens (tertiary/aromatic N) is 2. The van der Waals surface area contributed by atoms with Crippen molar-refractivity contribution >= 4 is 17.0 Å². The van der Waals surface area contributed by atoms with Gasteiger partial charge in [0.25, 0.3) is 0 Å². The van der Waals surface area contributed by atoms with Crippen molar-refractivity contribution < 1.29 is 23.1 Å². The third-order valence-electron chi connectivity index (χ3n) is 4.64. The van der Waals surface area contributed by atoms with Crippen molar-refractivity contribution in [1.29, 1.82) is 0 Å². The minimum atomic E-state index is -4.48. The van der Waals surface area contributed by atoms with Crippen LogP contribution in [0.15, 0.2) is 66.7 Å². The number of imidazole rings is 1. The van der Waals surface area contributed by atoms with Crippen LogP contribution in [-0.2, 0) is 6.18 Å². The number of alkyl halides is 3. The molecule has 29 heavy (non-hydrogen) atoms. The molecule has 4 rings (SSSR count). The smallest absolute Gasteiger partial charge is 0.416 e. The van der Waals surface area contributed by atoms with E-state index in [9.17, 15) is 23.1 Å². The van der Waals surface area contributed by atoms with Crippen LogP contribution in [0.5, 0.6) is 0 Å². The van der Waals surface area contributed by atoms with Gasteiger partial charge in [-0.05, 0) is 43.3 Å². The molecule has 0 radical (unpaired) electrons. The van der Waals surface area contributed by atoms with E-state index in [-0.39, 0.29) is 11.1 Å². The molecule has 0 bridgehead atoms. The van der Waals surface area contributed by atoms with E-state index in [1.54, 1.807) is 16.7 Å². The lowest BCUT2D eigenvalue weighted by Crippen LogP contribution is -2.04. The summed E-state index contributed by atoms with van der Waals surface area (Å²) in [6.07, 6.45) is -4.48. The van der Waals surface area contributed by atoms with E-state index in [0.29, 0.717) is 22.6 Å². The number of fused-ring (bicyclic) bond motifs is 1. The fourth-order valence-corrected chi connectivity index (χ4v) is 3.19. The highest BCUT2D eigenvalue weighted by Gasteiger charge is 2.31. The zero-order valence-electron chi connectivity index (χ0n) is 15.2. The first-order chi connectivity index (χ1) is 13.7. The number of hydrogen-bond donors (Lipinski definition) is 1. The molecule has 0 saturated heterocycles. The Morgan fingerprint density at radius 3 is 2.38 bits per heavy atom. The molecule has 7 heteroatoms. The van der Waals surface area contributed by atoms with E-state index < -0.39 is 17.7 Å². The van der Waals surface area contributed by atoms with E-state index in [4.69, 9.17) is 0 Å². The van der Waals surface area contributed by atoms with Crippen LogP contribution in [0.4, 0.5) is 13.2 Å². The van der Waals surface area contributed by atoms with Gasteiger partial charge in [0.1, 0.15) is 5.82 Å². The minimum Gasteiger partial charge on any atom is -0.478 e. The van der Waals surface area contributed by atoms with Gasteiger partial charge in [-0.2, -0.15) is 13.2 Å². The van der Waals surface area contributed by atoms with Crippen LogP contribution in [0.3, 0.4) is 0 Å². The molecule has 3 aromatic carbocycles. The van der Waals surface area contributed by atoms with Gasteiger partial charge in [0.2, 0.25) is 0 Å². The Morgan fingerprint density at radius 2 is 1.72 bits per heavy atom. The van der Waals surface area contributed by atoms with E-state index in [2.05, 4.69) is 4.98 Å². The number of hydrogen-bond acceptors (Lipinski definition) is 2. The zero-order chi connectivity index (χ0) is 20.8. The molecule has 4 nitrogen and oxygen atoms in total. The van der Waals surface area contributed by atoms with Crippen LogP contribution < -0.4 is 0 Å². The van der Waals surface area contributed by atoms with Gasteiger partial charge in [-0.3, -0.25) is 4.57 Å². The summed E-state index contributed by atoms with van der Waals surface area (Å²) in [5.74, 6) is -0.658. The quantitative estimate of drug-likeness (QED) is 0.482. The van der Waals surface area contributed by atoms with Crippen molar-refractivity contribution in [3.63, 3.8) is 0 Å². The molecule has 4 aromatic rings. The Labute approximate surface area is 163 Å². The Morgan fingerprint density at radius 1 is 1.00 bits per heavy atom. The first-order valence-electron chi connectivity index (χ1n) is 8.74. The fraction of sp³-hybridized carbons (Fsp3) is 0.0909. The monoisotopic (exact) mass is 396 g/mol. The van der Waals surface area contributed by atoms with Gasteiger partial charge in [0.15, 0.2) is 0 Å². The molecule has 0 aliphatic carbocycles. The Kier molecular flexibility index (Phi) is 4.38. The predicted molar refractivity (Wildman–Crippen MR) is 103 cm³/mol. The largest absolute Gasteiger partial charge is 0.478 e. The average molecular weight is 396 g/mol. The number of carbonyl (C=O) groups is 1. The molecule has 0 saturated carbocycles. The maximum atomic E-state index is 13.2. The van der Waals surface area contributed by atoms with Crippen LogP contribution in [-0.4, -0.2) is 20.6 Å². The van der Waals surface area contributed by atoms with Crippen LogP contribution in [0.1, 0.15) is 21.5 Å². The molecular formula is C22H15F3N2O2. The molecule has 0 amide bonds. The van der Waals surface area contributed by atoms with E-state index in [0.717, 1.165) is 17.7 Å². The second kappa shape index (κ2) is 6.77. The van der Waals surface area contributed by atoms with E-state index in [1.165, 1.54) is 18.2 Å². The van der Waals surface area contributed by atoms with Crippen LogP contribution in [0.2, 0.25) is 0 Å². The molecule has 0 spiro atoms. The Bertz CT molecular complexity index is 1230. The number of benzene rings is 3. The number of halogens is 3. The standard InChI is InChI=1S/C22H15F3N2O2/c1-13-5-7-14(8-6-13)20-26-18-12-16(22(23,24)25)9-10-19(18)27(20)17-4-2-3-15(11-17)21(28)29/h2-12H,1H3,(H,28,29). The first kappa shape index (κ1) is 18.7. The SMILES string of the molecule is Cc1ccc(-c2nc3cc(C(F)(F)F)ccc3n2-c2cccc(C(=O)O)c2)cc1. The second-order valence-corrected chi connectivity index (χ2v) is 6.69. The summed E-state index contributed by atoms with van der Waals surface area (Å²) in [7, 11) is 0. The summed E-state index contributed by atoms with van der Waals surface area (Å²) in [6, 6.07) is 17.0. The summed E-state index contributed by atoms with van der Waals surface area (Å²) in [5, 5.41) is 9.31. The Hall–Kier alpha value is -3.61. The van der Waals surface area contributed by atoms with Gasteiger partial charge < -0.3 is 5.11 Å². The molecular weight excluding hydrogens is 381 g/mol. The van der Waals surface area contributed by atoms with Gasteiger partial charge >= 0.3 is 12.1 Å². The van der Waals surface area contributed by atoms with Crippen molar-refractivity contribution in [2.45, 2.75) is 13.1 Å². The highest BCUT2D eigenvalue weighted by Crippen LogP contribution is 2.34. The number of aromatic carboxylic acids is 1. The van der Waals surface area contributed by atoms with E-state index in [1.807, 2.05) is 31.2 Å². The second-order valence-electron chi connectivity index (χ2n) is 6.69. The zero-order valence-corrected chi connectivity index (χ0v) is 15.2. The topological polar surface area (TPSA) is 55.1 Å². The molecule has 146 valence electrons. The predicted octanol–water partition coefficient (Wildman–Crippen LogP) is 5.72. The van der Waals surface area contributed by atoms with Crippen molar-refractivity contribution in [2.24, 2.45) is 0 Å². The lowest BCUT2D eigenvalue weighted by atomic mass is 10.1. The normalized spacial score (nSPS) is 11.7. The Balaban J connectivity index is 2.02. The number of carboxylic acid groups (broad SMARTS) is 1. The maximum absolute atomic E-state index is 13.2. The number of carboxylic acids is 1. The molecule has 0 aliphatic heterocycles. The van der Waals surface area contributed by atoms with Crippen molar-refractivity contribution in [1.82, 2.24) is 9.55 Å². The molecule has 1 aromatic heterocycles. The number of rotatable bonds is 3. The van der Waals surface area contributed by atoms with Gasteiger partial charge in [-0.25, -0.2) is 9.78 Å². The summed E-state index contributed by atoms with van der Waals surface area (Å²) in [4.78, 5) is 15.8. The molecule has 0 fully saturated rings. The minimum absolute atomic E-state index is 0.0751. The third-order valence-corrected chi connectivity index (χ3v) is 4.64. The average Bonchev–Trinajstić information content (AvgIpc) is 3.06. The number of aromatic nitrogens is 2. The lowest BCUT2D eigenvalue weighted by Gasteiger charge is -2.11. The lowest BCUT2D eigenvalue weighted by molar-refractivity contribution is -0.137. The highest BCUT2D eigenvalue weighted by atomic mass is 19.4. The molecule has 0 atom stereocenters. The summed E-state index contributed by atoms with van der Waals surface area (Å²) < 4.78 is 41.1. The molecule has 1 heterocycles. The van der Waals surface area contributed by atoms with Gasteiger partial charge in [-0.15, -0.1) is 0 Å². The van der Waals surface area contributed by atoms with Gasteiger partial charge in [0.05, 0.1) is 22.2 Å². The van der Waals surface area contributed by atoms with Crippen molar-refractivity contribution in [2.75, 3.05) is 0 Å². The summed E-state index contributed by atoms with van der Waals surface area (Å²) in [5.41, 5.74) is 2.16. The van der Waals surface area contributed by atoms with Crippen LogP contribution in [0.25, 0.3) is 28.1 Å². The van der Waals surface area contributed by atoms with Crippen LogP contribution in [0, 0.1) is 6.92 Å². The van der Waals surface area contributed by atoms with Gasteiger partial charge in [-0.1, -0.05) is 35.9 Å². The van der Waals surface area contributed by atoms with Gasteiger partial charge in [0, 0.05) is 11.3 Å². The van der Waals surface area contributed by atoms with E-state index >= 15 is 0 Å². The molecule has 1 N–H and O–H groups in total. The first-order valence-corrected chi connectivity index (χ1v) is 8.74. The third kappa shape index (κ3) is 3.47. The van der Waals surface area contributed by atoms with Crippen molar-refractivity contribution in [3.8, 4) is 17.1 Å². The highest BCUT2D eigenvalue weighted by molar-refractivity contribution is 5.89. The fourth-order valence-electron chi connectivity index (χ4n) is 3.19. The summed E-state index contributed by atoms with van der Waals surface area (Å²) >= 11 is 0. The molecule has 0 unspecified atom stereocenters. The van der Waals surface area contributed by atoms with Crippen molar-refractivity contribution in [3.05, 3.63) is 83.4 Å².